The molecule has 0 atom stereocenters. The Bertz CT molecular complexity index is 1740. The molecule has 0 fully saturated rings. The third-order valence-electron chi connectivity index (χ3n) is 8.91. The minimum atomic E-state index is -1.80. The predicted octanol–water partition coefficient (Wildman–Crippen LogP) is 9.20. The van der Waals surface area contributed by atoms with Gasteiger partial charge in [-0.25, -0.2) is 17.6 Å². The number of rotatable bonds is 4. The first-order valence-electron chi connectivity index (χ1n) is 13.8. The van der Waals surface area contributed by atoms with E-state index in [-0.39, 0.29) is 11.5 Å². The predicted molar refractivity (Wildman–Crippen MR) is 150 cm³/mol. The molecule has 0 radical (unpaired) electrons. The maximum absolute atomic E-state index is 14.6. The molecule has 0 aliphatic heterocycles. The number of nitrogen functional groups attached to an aromatic ring is 2. The van der Waals surface area contributed by atoms with Crippen LogP contribution in [0.5, 0.6) is 23.0 Å². The van der Waals surface area contributed by atoms with Crippen LogP contribution in [0.1, 0.15) is 62.8 Å². The first-order chi connectivity index (χ1) is 20.9. The molecule has 0 saturated carbocycles. The molecule has 236 valence electrons. The molecule has 0 heterocycles. The van der Waals surface area contributed by atoms with Crippen LogP contribution < -0.4 is 20.9 Å². The molecule has 2 aliphatic rings. The van der Waals surface area contributed by atoms with Crippen LogP contribution in [0.25, 0.3) is 0 Å². The second kappa shape index (κ2) is 9.76. The number of fused-ring (bicyclic) bond motifs is 4. The number of hydrogen-bond acceptors (Lipinski definition) is 4. The van der Waals surface area contributed by atoms with Crippen molar-refractivity contribution in [1.29, 1.82) is 0 Å². The second-order valence-electron chi connectivity index (χ2n) is 12.8. The van der Waals surface area contributed by atoms with E-state index in [4.69, 9.17) is 20.9 Å². The Morgan fingerprint density at radius 3 is 1.11 bits per heavy atom. The van der Waals surface area contributed by atoms with Crippen molar-refractivity contribution in [3.8, 4) is 23.0 Å². The van der Waals surface area contributed by atoms with Crippen molar-refractivity contribution in [2.45, 2.75) is 56.8 Å². The zero-order valence-corrected chi connectivity index (χ0v) is 24.4. The summed E-state index contributed by atoms with van der Waals surface area (Å²) in [6.07, 6.45) is 1.00. The Hall–Kier alpha value is -4.48. The Morgan fingerprint density at radius 2 is 0.800 bits per heavy atom. The molecule has 2 aliphatic carbocycles. The van der Waals surface area contributed by atoms with Crippen molar-refractivity contribution in [3.63, 3.8) is 0 Å². The summed E-state index contributed by atoms with van der Waals surface area (Å²) in [5.41, 5.74) is 8.87. The highest BCUT2D eigenvalue weighted by atomic mass is 19.2. The molecule has 0 unspecified atom stereocenters. The lowest BCUT2D eigenvalue weighted by atomic mass is 9.72. The lowest BCUT2D eigenvalue weighted by Gasteiger charge is -2.30. The van der Waals surface area contributed by atoms with E-state index in [2.05, 4.69) is 0 Å². The summed E-state index contributed by atoms with van der Waals surface area (Å²) in [7, 11) is 0. The average Bonchev–Trinajstić information content (AvgIpc) is 3.36. The van der Waals surface area contributed by atoms with Crippen LogP contribution in [0.15, 0.2) is 36.4 Å². The molecular formula is C33H26F8N2O2. The van der Waals surface area contributed by atoms with Gasteiger partial charge in [0, 0.05) is 5.41 Å². The number of ether oxygens (including phenoxy) is 2. The van der Waals surface area contributed by atoms with Crippen LogP contribution in [-0.4, -0.2) is 0 Å². The lowest BCUT2D eigenvalue weighted by Crippen LogP contribution is -2.27. The molecule has 0 bridgehead atoms. The summed E-state index contributed by atoms with van der Waals surface area (Å²) in [4.78, 5) is 0. The van der Waals surface area contributed by atoms with Gasteiger partial charge in [0.05, 0.1) is 0 Å². The van der Waals surface area contributed by atoms with E-state index in [1.54, 1.807) is 12.1 Å². The molecule has 1 spiro atoms. The molecular weight excluding hydrogens is 608 g/mol. The standard InChI is InChI=1S/C33H26F8N2O2/c1-31(2)11-33(17-9-13(5-7-15(17)31)44-29-23(38)19(34)27(42)20(35)24(29)39)12-32(3,4)16-8-6-14(10-18(16)33)45-30-25(40)21(36)28(43)22(37)26(30)41/h5-10H,11-12,42-43H2,1-4H3. The SMILES string of the molecule is CC1(C)CC2(CC(C)(C)c3ccc(Oc4c(F)c(F)c(N)c(F)c4F)cc32)c2cc(Oc3c(F)c(F)c(N)c(F)c3F)ccc21. The van der Waals surface area contributed by atoms with Gasteiger partial charge in [0.25, 0.3) is 0 Å². The number of halogens is 8. The summed E-state index contributed by atoms with van der Waals surface area (Å²) < 4.78 is 126. The summed E-state index contributed by atoms with van der Waals surface area (Å²) in [6.45, 7) is 7.95. The van der Waals surface area contributed by atoms with Gasteiger partial charge in [0.1, 0.15) is 22.9 Å². The first-order valence-corrected chi connectivity index (χ1v) is 13.8. The van der Waals surface area contributed by atoms with Gasteiger partial charge in [-0.3, -0.25) is 0 Å². The van der Waals surface area contributed by atoms with Crippen LogP contribution in [0, 0.1) is 46.5 Å². The quantitative estimate of drug-likeness (QED) is 0.133. The highest BCUT2D eigenvalue weighted by Crippen LogP contribution is 2.63. The van der Waals surface area contributed by atoms with Crippen molar-refractivity contribution >= 4 is 11.4 Å². The monoisotopic (exact) mass is 634 g/mol. The minimum Gasteiger partial charge on any atom is -0.451 e. The van der Waals surface area contributed by atoms with Crippen LogP contribution in [0.4, 0.5) is 46.5 Å². The third-order valence-corrected chi connectivity index (χ3v) is 8.91. The van der Waals surface area contributed by atoms with Gasteiger partial charge in [0.2, 0.25) is 34.8 Å². The molecule has 0 saturated heterocycles. The minimum absolute atomic E-state index is 0.122. The topological polar surface area (TPSA) is 70.5 Å². The maximum Gasteiger partial charge on any atom is 0.206 e. The zero-order valence-electron chi connectivity index (χ0n) is 24.4. The van der Waals surface area contributed by atoms with Crippen LogP contribution in [0.3, 0.4) is 0 Å². The number of hydrogen-bond donors (Lipinski definition) is 2. The summed E-state index contributed by atoms with van der Waals surface area (Å²) in [5, 5.41) is 0. The summed E-state index contributed by atoms with van der Waals surface area (Å²) >= 11 is 0. The zero-order chi connectivity index (χ0) is 33.0. The fraction of sp³-hybridized carbons (Fsp3) is 0.273. The molecule has 4 aromatic rings. The molecule has 45 heavy (non-hydrogen) atoms. The average molecular weight is 635 g/mol. The fourth-order valence-electron chi connectivity index (χ4n) is 7.11. The van der Waals surface area contributed by atoms with Crippen molar-refractivity contribution in [2.24, 2.45) is 0 Å². The molecule has 4 nitrogen and oxygen atoms in total. The van der Waals surface area contributed by atoms with Crippen molar-refractivity contribution < 1.29 is 44.6 Å². The van der Waals surface area contributed by atoms with Gasteiger partial charge in [-0.2, -0.15) is 17.6 Å². The Morgan fingerprint density at radius 1 is 0.489 bits per heavy atom. The van der Waals surface area contributed by atoms with E-state index in [1.807, 2.05) is 27.7 Å². The van der Waals surface area contributed by atoms with Crippen LogP contribution in [0.2, 0.25) is 0 Å². The first kappa shape index (κ1) is 30.5. The van der Waals surface area contributed by atoms with Gasteiger partial charge < -0.3 is 20.9 Å². The second-order valence-corrected chi connectivity index (χ2v) is 12.8. The van der Waals surface area contributed by atoms with E-state index < -0.39 is 85.7 Å². The van der Waals surface area contributed by atoms with Gasteiger partial charge in [-0.1, -0.05) is 39.8 Å². The summed E-state index contributed by atoms with van der Waals surface area (Å²) in [5.74, 6) is -17.2. The maximum atomic E-state index is 14.6. The van der Waals surface area contributed by atoms with Gasteiger partial charge in [-0.15, -0.1) is 0 Å². The number of nitrogens with two attached hydrogens (primary N) is 2. The fourth-order valence-corrected chi connectivity index (χ4v) is 7.11. The van der Waals surface area contributed by atoms with Crippen molar-refractivity contribution in [3.05, 3.63) is 105 Å². The largest absolute Gasteiger partial charge is 0.451 e. The third kappa shape index (κ3) is 4.32. The summed E-state index contributed by atoms with van der Waals surface area (Å²) in [6, 6.07) is 9.27. The highest BCUT2D eigenvalue weighted by molar-refractivity contribution is 5.62. The normalized spacial score (nSPS) is 17.0. The van der Waals surface area contributed by atoms with E-state index in [9.17, 15) is 35.1 Å². The van der Waals surface area contributed by atoms with Gasteiger partial charge >= 0.3 is 0 Å². The smallest absolute Gasteiger partial charge is 0.206 e. The highest BCUT2D eigenvalue weighted by Gasteiger charge is 2.56. The Balaban J connectivity index is 1.49. The molecule has 12 heteroatoms. The van der Waals surface area contributed by atoms with Gasteiger partial charge in [0.15, 0.2) is 23.3 Å². The van der Waals surface area contributed by atoms with Crippen LogP contribution in [-0.2, 0) is 16.2 Å². The van der Waals surface area contributed by atoms with E-state index in [0.717, 1.165) is 11.1 Å². The molecule has 4 N–H and O–H groups in total. The van der Waals surface area contributed by atoms with E-state index in [0.29, 0.717) is 24.0 Å². The molecule has 0 aromatic heterocycles. The van der Waals surface area contributed by atoms with E-state index in [1.165, 1.54) is 24.3 Å². The van der Waals surface area contributed by atoms with Crippen molar-refractivity contribution in [2.75, 3.05) is 11.5 Å². The molecule has 0 amide bonds. The Labute approximate surface area is 252 Å². The lowest BCUT2D eigenvalue weighted by molar-refractivity contribution is 0.347. The van der Waals surface area contributed by atoms with Gasteiger partial charge in [-0.05, 0) is 70.2 Å². The number of anilines is 2. The van der Waals surface area contributed by atoms with Crippen molar-refractivity contribution in [1.82, 2.24) is 0 Å². The van der Waals surface area contributed by atoms with E-state index >= 15 is 0 Å². The Kier molecular flexibility index (Phi) is 6.62. The van der Waals surface area contributed by atoms with Crippen LogP contribution >= 0.6 is 0 Å². The molecule has 6 rings (SSSR count). The number of benzene rings is 4. The molecule has 4 aromatic carbocycles.